The van der Waals surface area contributed by atoms with Crippen molar-refractivity contribution in [2.24, 2.45) is 0 Å². The molecule has 1 N–H and O–H groups in total. The number of benzene rings is 1. The first-order valence-electron chi connectivity index (χ1n) is 5.88. The highest BCUT2D eigenvalue weighted by atomic mass is 79.9. The summed E-state index contributed by atoms with van der Waals surface area (Å²) in [4.78, 5) is 20.3. The Morgan fingerprint density at radius 3 is 2.68 bits per heavy atom. The Bertz CT molecular complexity index is 596. The van der Waals surface area contributed by atoms with Gasteiger partial charge in [-0.05, 0) is 37.6 Å². The molecule has 0 aliphatic carbocycles. The van der Waals surface area contributed by atoms with Crippen LogP contribution in [0.2, 0.25) is 0 Å². The predicted octanol–water partition coefficient (Wildman–Crippen LogP) is 2.79. The lowest BCUT2D eigenvalue weighted by atomic mass is 10.1. The van der Waals surface area contributed by atoms with E-state index in [-0.39, 0.29) is 5.91 Å². The fourth-order valence-electron chi connectivity index (χ4n) is 1.57. The topological polar surface area (TPSA) is 54.9 Å². The summed E-state index contributed by atoms with van der Waals surface area (Å²) in [5, 5.41) is 2.82. The number of amides is 1. The SMILES string of the molecule is Cc1cnc(CNC(=O)c2ccc(Br)c(C)c2)cn1. The second kappa shape index (κ2) is 5.93. The Kier molecular flexibility index (Phi) is 4.27. The molecule has 0 aliphatic rings. The summed E-state index contributed by atoms with van der Waals surface area (Å²) in [6.07, 6.45) is 3.35. The van der Waals surface area contributed by atoms with Crippen LogP contribution in [0.15, 0.2) is 35.1 Å². The lowest BCUT2D eigenvalue weighted by Crippen LogP contribution is -2.23. The number of nitrogens with one attached hydrogen (secondary N) is 1. The average Bonchev–Trinajstić information content (AvgIpc) is 2.41. The molecule has 0 unspecified atom stereocenters. The third kappa shape index (κ3) is 3.61. The Hall–Kier alpha value is -1.75. The van der Waals surface area contributed by atoms with Crippen molar-refractivity contribution < 1.29 is 4.79 Å². The molecule has 2 aromatic rings. The molecule has 4 nitrogen and oxygen atoms in total. The standard InChI is InChI=1S/C14H14BrN3O/c1-9-5-11(3-4-13(9)15)14(19)18-8-12-7-16-10(2)6-17-12/h3-7H,8H2,1-2H3,(H,18,19). The molecular weight excluding hydrogens is 306 g/mol. The van der Waals surface area contributed by atoms with Gasteiger partial charge in [-0.2, -0.15) is 0 Å². The minimum atomic E-state index is -0.113. The molecule has 0 bridgehead atoms. The zero-order chi connectivity index (χ0) is 13.8. The Morgan fingerprint density at radius 2 is 2.05 bits per heavy atom. The van der Waals surface area contributed by atoms with Crippen LogP contribution in [0.4, 0.5) is 0 Å². The maximum Gasteiger partial charge on any atom is 0.251 e. The van der Waals surface area contributed by atoms with Gasteiger partial charge < -0.3 is 5.32 Å². The molecule has 0 fully saturated rings. The van der Waals surface area contributed by atoms with Crippen LogP contribution in [0, 0.1) is 13.8 Å². The predicted molar refractivity (Wildman–Crippen MR) is 76.8 cm³/mol. The summed E-state index contributed by atoms with van der Waals surface area (Å²) < 4.78 is 0.994. The first-order chi connectivity index (χ1) is 9.06. The van der Waals surface area contributed by atoms with Gasteiger partial charge in [0.2, 0.25) is 0 Å². The maximum absolute atomic E-state index is 12.0. The number of aryl methyl sites for hydroxylation is 2. The van der Waals surface area contributed by atoms with Crippen LogP contribution in [0.25, 0.3) is 0 Å². The van der Waals surface area contributed by atoms with Gasteiger partial charge in [0.25, 0.3) is 5.91 Å². The number of rotatable bonds is 3. The van der Waals surface area contributed by atoms with Crippen LogP contribution in [0.3, 0.4) is 0 Å². The fraction of sp³-hybridized carbons (Fsp3) is 0.214. The zero-order valence-electron chi connectivity index (χ0n) is 10.8. The van der Waals surface area contributed by atoms with Crippen LogP contribution in [-0.2, 0) is 6.54 Å². The van der Waals surface area contributed by atoms with E-state index >= 15 is 0 Å². The maximum atomic E-state index is 12.0. The molecule has 1 heterocycles. The monoisotopic (exact) mass is 319 g/mol. The van der Waals surface area contributed by atoms with Crippen molar-refractivity contribution in [1.29, 1.82) is 0 Å². The van der Waals surface area contributed by atoms with Crippen molar-refractivity contribution in [1.82, 2.24) is 15.3 Å². The van der Waals surface area contributed by atoms with Gasteiger partial charge in [0.15, 0.2) is 0 Å². The van der Waals surface area contributed by atoms with Gasteiger partial charge in [-0.1, -0.05) is 15.9 Å². The van der Waals surface area contributed by atoms with Crippen LogP contribution in [-0.4, -0.2) is 15.9 Å². The molecule has 0 aliphatic heterocycles. The van der Waals surface area contributed by atoms with Crippen molar-refractivity contribution in [3.63, 3.8) is 0 Å². The summed E-state index contributed by atoms with van der Waals surface area (Å²) in [5.74, 6) is -0.113. The van der Waals surface area contributed by atoms with Crippen molar-refractivity contribution >= 4 is 21.8 Å². The molecule has 2 rings (SSSR count). The third-order valence-electron chi connectivity index (χ3n) is 2.68. The molecule has 0 spiro atoms. The molecule has 0 saturated carbocycles. The van der Waals surface area contributed by atoms with E-state index in [1.165, 1.54) is 0 Å². The van der Waals surface area contributed by atoms with Crippen molar-refractivity contribution in [3.05, 3.63) is 57.6 Å². The number of aromatic nitrogens is 2. The number of carbonyl (C=O) groups is 1. The smallest absolute Gasteiger partial charge is 0.251 e. The number of hydrogen-bond acceptors (Lipinski definition) is 3. The van der Waals surface area contributed by atoms with E-state index in [0.29, 0.717) is 12.1 Å². The first kappa shape index (κ1) is 13.7. The molecule has 0 radical (unpaired) electrons. The highest BCUT2D eigenvalue weighted by Gasteiger charge is 2.07. The van der Waals surface area contributed by atoms with Gasteiger partial charge in [-0.3, -0.25) is 14.8 Å². The van der Waals surface area contributed by atoms with E-state index in [1.807, 2.05) is 26.0 Å². The van der Waals surface area contributed by atoms with E-state index < -0.39 is 0 Å². The third-order valence-corrected chi connectivity index (χ3v) is 3.57. The number of halogens is 1. The van der Waals surface area contributed by atoms with Crippen molar-refractivity contribution in [2.45, 2.75) is 20.4 Å². The first-order valence-corrected chi connectivity index (χ1v) is 6.67. The number of hydrogen-bond donors (Lipinski definition) is 1. The lowest BCUT2D eigenvalue weighted by molar-refractivity contribution is 0.0950. The van der Waals surface area contributed by atoms with Crippen LogP contribution in [0.1, 0.15) is 27.3 Å². The van der Waals surface area contributed by atoms with Gasteiger partial charge in [0.05, 0.1) is 24.1 Å². The Balaban J connectivity index is 2.01. The number of nitrogens with zero attached hydrogens (tertiary/aromatic N) is 2. The zero-order valence-corrected chi connectivity index (χ0v) is 12.4. The summed E-state index contributed by atoms with van der Waals surface area (Å²) >= 11 is 3.41. The minimum absolute atomic E-state index is 0.113. The molecule has 0 atom stereocenters. The normalized spacial score (nSPS) is 10.3. The van der Waals surface area contributed by atoms with E-state index in [9.17, 15) is 4.79 Å². The van der Waals surface area contributed by atoms with E-state index in [0.717, 1.165) is 21.4 Å². The lowest BCUT2D eigenvalue weighted by Gasteiger charge is -2.06. The summed E-state index contributed by atoms with van der Waals surface area (Å²) in [6, 6.07) is 5.50. The van der Waals surface area contributed by atoms with Crippen LogP contribution in [0.5, 0.6) is 0 Å². The minimum Gasteiger partial charge on any atom is -0.346 e. The quantitative estimate of drug-likeness (QED) is 0.946. The van der Waals surface area contributed by atoms with Gasteiger partial charge in [-0.15, -0.1) is 0 Å². The molecule has 1 aromatic carbocycles. The van der Waals surface area contributed by atoms with Gasteiger partial charge in [0.1, 0.15) is 0 Å². The summed E-state index contributed by atoms with van der Waals surface area (Å²) in [7, 11) is 0. The molecular formula is C14H14BrN3O. The second-order valence-electron chi connectivity index (χ2n) is 4.30. The second-order valence-corrected chi connectivity index (χ2v) is 5.15. The Labute approximate surface area is 120 Å². The molecule has 1 amide bonds. The van der Waals surface area contributed by atoms with Gasteiger partial charge in [-0.25, -0.2) is 0 Å². The Morgan fingerprint density at radius 1 is 1.26 bits per heavy atom. The summed E-state index contributed by atoms with van der Waals surface area (Å²) in [5.41, 5.74) is 3.27. The molecule has 5 heteroatoms. The van der Waals surface area contributed by atoms with Gasteiger partial charge >= 0.3 is 0 Å². The largest absolute Gasteiger partial charge is 0.346 e. The molecule has 98 valence electrons. The van der Waals surface area contributed by atoms with Crippen molar-refractivity contribution in [3.8, 4) is 0 Å². The van der Waals surface area contributed by atoms with Crippen molar-refractivity contribution in [2.75, 3.05) is 0 Å². The van der Waals surface area contributed by atoms with Crippen LogP contribution >= 0.6 is 15.9 Å². The van der Waals surface area contributed by atoms with Gasteiger partial charge in [0, 0.05) is 16.2 Å². The summed E-state index contributed by atoms with van der Waals surface area (Å²) in [6.45, 7) is 4.20. The molecule has 0 saturated heterocycles. The van der Waals surface area contributed by atoms with Crippen LogP contribution < -0.4 is 5.32 Å². The van der Waals surface area contributed by atoms with E-state index in [1.54, 1.807) is 18.5 Å². The average molecular weight is 320 g/mol. The fourth-order valence-corrected chi connectivity index (χ4v) is 1.82. The van der Waals surface area contributed by atoms with E-state index in [4.69, 9.17) is 0 Å². The highest BCUT2D eigenvalue weighted by molar-refractivity contribution is 9.10. The molecule has 19 heavy (non-hydrogen) atoms. The van der Waals surface area contributed by atoms with E-state index in [2.05, 4.69) is 31.2 Å². The molecule has 1 aromatic heterocycles. The highest BCUT2D eigenvalue weighted by Crippen LogP contribution is 2.17. The number of carbonyl (C=O) groups excluding carboxylic acids is 1.